The van der Waals surface area contributed by atoms with E-state index in [1.807, 2.05) is 11.3 Å². The van der Waals surface area contributed by atoms with E-state index in [9.17, 15) is 0 Å². The predicted octanol–water partition coefficient (Wildman–Crippen LogP) is 3.81. The molecule has 0 amide bonds. The summed E-state index contributed by atoms with van der Waals surface area (Å²) in [5, 5.41) is 0. The molecule has 3 heterocycles. The maximum absolute atomic E-state index is 6.45. The van der Waals surface area contributed by atoms with Crippen molar-refractivity contribution in [1.29, 1.82) is 0 Å². The van der Waals surface area contributed by atoms with Gasteiger partial charge in [-0.15, -0.1) is 11.3 Å². The van der Waals surface area contributed by atoms with Crippen LogP contribution < -0.4 is 0 Å². The summed E-state index contributed by atoms with van der Waals surface area (Å²) in [6.07, 6.45) is 2.79. The molecule has 1 aliphatic carbocycles. The summed E-state index contributed by atoms with van der Waals surface area (Å²) in [6, 6.07) is 15.5. The number of morpholine rings is 1. The molecule has 27 heavy (non-hydrogen) atoms. The summed E-state index contributed by atoms with van der Waals surface area (Å²) in [5.41, 5.74) is 1.28. The van der Waals surface area contributed by atoms with E-state index in [0.29, 0.717) is 30.8 Å². The van der Waals surface area contributed by atoms with E-state index >= 15 is 0 Å². The summed E-state index contributed by atoms with van der Waals surface area (Å²) in [5.74, 6) is 0.593. The third-order valence-electron chi connectivity index (χ3n) is 6.17. The van der Waals surface area contributed by atoms with Gasteiger partial charge in [-0.2, -0.15) is 0 Å². The van der Waals surface area contributed by atoms with Gasteiger partial charge in [0.1, 0.15) is 0 Å². The smallest absolute Gasteiger partial charge is 0.0813 e. The summed E-state index contributed by atoms with van der Waals surface area (Å²) >= 11 is 1.84. The lowest BCUT2D eigenvalue weighted by atomic mass is 9.94. The molecule has 5 rings (SSSR count). The highest BCUT2D eigenvalue weighted by Gasteiger charge is 2.49. The average Bonchev–Trinajstić information content (AvgIpc) is 3.28. The van der Waals surface area contributed by atoms with Crippen LogP contribution in [0, 0.1) is 5.92 Å². The first-order chi connectivity index (χ1) is 13.4. The highest BCUT2D eigenvalue weighted by Crippen LogP contribution is 2.41. The molecule has 4 unspecified atom stereocenters. The second kappa shape index (κ2) is 8.02. The largest absolute Gasteiger partial charge is 0.379 e. The number of ether oxygens (including phenoxy) is 3. The molecule has 0 spiro atoms. The molecule has 2 saturated heterocycles. The monoisotopic (exact) mass is 385 g/mol. The van der Waals surface area contributed by atoms with Crippen molar-refractivity contribution in [2.75, 3.05) is 32.9 Å². The Labute approximate surface area is 165 Å². The molecule has 1 saturated carbocycles. The molecule has 3 fully saturated rings. The molecule has 4 nitrogen and oxygen atoms in total. The first-order valence-corrected chi connectivity index (χ1v) is 10.9. The second-order valence-electron chi connectivity index (χ2n) is 7.72. The number of rotatable bonds is 5. The SMILES string of the molecule is c1ccc(-c2ccc(COC3CC4OCCC3C4N3CCOCC3)s2)cc1. The molecule has 0 N–H and O–H groups in total. The number of hydrogen-bond acceptors (Lipinski definition) is 5. The zero-order chi connectivity index (χ0) is 18.1. The van der Waals surface area contributed by atoms with Crippen LogP contribution in [-0.4, -0.2) is 56.1 Å². The molecule has 5 heteroatoms. The number of thiophene rings is 1. The number of hydrogen-bond donors (Lipinski definition) is 0. The topological polar surface area (TPSA) is 30.9 Å². The molecule has 0 radical (unpaired) electrons. The van der Waals surface area contributed by atoms with Crippen LogP contribution in [0.1, 0.15) is 17.7 Å². The van der Waals surface area contributed by atoms with Crippen LogP contribution in [0.15, 0.2) is 42.5 Å². The normalized spacial score (nSPS) is 31.3. The van der Waals surface area contributed by atoms with Gasteiger partial charge in [0.2, 0.25) is 0 Å². The maximum atomic E-state index is 6.45. The van der Waals surface area contributed by atoms with Crippen molar-refractivity contribution in [3.05, 3.63) is 47.3 Å². The van der Waals surface area contributed by atoms with Gasteiger partial charge in [0.25, 0.3) is 0 Å². The quantitative estimate of drug-likeness (QED) is 0.783. The van der Waals surface area contributed by atoms with E-state index in [2.05, 4.69) is 47.4 Å². The molecular formula is C22H27NO3S. The molecule has 1 aromatic heterocycles. The van der Waals surface area contributed by atoms with Crippen LogP contribution in [0.4, 0.5) is 0 Å². The molecule has 2 aliphatic heterocycles. The molecule has 2 aromatic rings. The lowest BCUT2D eigenvalue weighted by molar-refractivity contribution is -0.0813. The Morgan fingerprint density at radius 3 is 2.74 bits per heavy atom. The zero-order valence-corrected chi connectivity index (χ0v) is 16.4. The minimum atomic E-state index is 0.313. The number of nitrogens with zero attached hydrogens (tertiary/aromatic N) is 1. The van der Waals surface area contributed by atoms with Crippen molar-refractivity contribution in [1.82, 2.24) is 4.90 Å². The third kappa shape index (κ3) is 3.71. The van der Waals surface area contributed by atoms with Gasteiger partial charge in [-0.1, -0.05) is 30.3 Å². The van der Waals surface area contributed by atoms with E-state index in [0.717, 1.165) is 45.8 Å². The minimum Gasteiger partial charge on any atom is -0.379 e. The molecular weight excluding hydrogens is 358 g/mol. The van der Waals surface area contributed by atoms with Gasteiger partial charge in [-0.05, 0) is 24.1 Å². The van der Waals surface area contributed by atoms with Gasteiger partial charge in [0.15, 0.2) is 0 Å². The molecule has 1 aromatic carbocycles. The number of fused-ring (bicyclic) bond motifs is 2. The second-order valence-corrected chi connectivity index (χ2v) is 8.89. The van der Waals surface area contributed by atoms with Gasteiger partial charge in [0.05, 0.1) is 32.0 Å². The molecule has 2 bridgehead atoms. The highest BCUT2D eigenvalue weighted by atomic mass is 32.1. The third-order valence-corrected chi connectivity index (χ3v) is 7.28. The Morgan fingerprint density at radius 2 is 1.89 bits per heavy atom. The van der Waals surface area contributed by atoms with Crippen LogP contribution in [-0.2, 0) is 20.8 Å². The fourth-order valence-corrected chi connectivity index (χ4v) is 5.83. The summed E-state index contributed by atoms with van der Waals surface area (Å²) in [4.78, 5) is 5.20. The summed E-state index contributed by atoms with van der Waals surface area (Å²) in [7, 11) is 0. The molecule has 144 valence electrons. The minimum absolute atomic E-state index is 0.313. The van der Waals surface area contributed by atoms with Crippen molar-refractivity contribution in [2.24, 2.45) is 5.92 Å². The van der Waals surface area contributed by atoms with Crippen molar-refractivity contribution < 1.29 is 14.2 Å². The van der Waals surface area contributed by atoms with Gasteiger partial charge in [-0.25, -0.2) is 0 Å². The maximum Gasteiger partial charge on any atom is 0.0813 e. The van der Waals surface area contributed by atoms with E-state index in [-0.39, 0.29) is 0 Å². The Kier molecular flexibility index (Phi) is 5.29. The Hall–Kier alpha value is -1.24. The molecule has 3 aliphatic rings. The Morgan fingerprint density at radius 1 is 1.04 bits per heavy atom. The van der Waals surface area contributed by atoms with Gasteiger partial charge < -0.3 is 14.2 Å². The first kappa shape index (κ1) is 17.8. The van der Waals surface area contributed by atoms with E-state index in [1.54, 1.807) is 0 Å². The summed E-state index contributed by atoms with van der Waals surface area (Å²) < 4.78 is 18.1. The van der Waals surface area contributed by atoms with Crippen LogP contribution >= 0.6 is 11.3 Å². The van der Waals surface area contributed by atoms with Crippen molar-refractivity contribution in [3.63, 3.8) is 0 Å². The van der Waals surface area contributed by atoms with Crippen molar-refractivity contribution in [2.45, 2.75) is 37.7 Å². The van der Waals surface area contributed by atoms with Crippen molar-refractivity contribution in [3.8, 4) is 10.4 Å². The van der Waals surface area contributed by atoms with E-state index < -0.39 is 0 Å². The number of benzene rings is 1. The van der Waals surface area contributed by atoms with E-state index in [1.165, 1.54) is 15.3 Å². The van der Waals surface area contributed by atoms with Crippen LogP contribution in [0.3, 0.4) is 0 Å². The van der Waals surface area contributed by atoms with Gasteiger partial charge >= 0.3 is 0 Å². The summed E-state index contributed by atoms with van der Waals surface area (Å²) in [6.45, 7) is 5.34. The standard InChI is InChI=1S/C22H27NO3S/c1-2-4-16(5-3-1)21-7-6-17(27-21)15-26-19-14-20-22(18(19)8-11-25-20)23-9-12-24-13-10-23/h1-7,18-20,22H,8-15H2. The lowest BCUT2D eigenvalue weighted by Gasteiger charge is -2.41. The predicted molar refractivity (Wildman–Crippen MR) is 107 cm³/mol. The fourth-order valence-electron chi connectivity index (χ4n) is 4.89. The van der Waals surface area contributed by atoms with Gasteiger partial charge in [-0.3, -0.25) is 4.90 Å². The zero-order valence-electron chi connectivity index (χ0n) is 15.6. The highest BCUT2D eigenvalue weighted by molar-refractivity contribution is 7.15. The van der Waals surface area contributed by atoms with Crippen LogP contribution in [0.2, 0.25) is 0 Å². The van der Waals surface area contributed by atoms with Crippen molar-refractivity contribution >= 4 is 11.3 Å². The van der Waals surface area contributed by atoms with Crippen LogP contribution in [0.25, 0.3) is 10.4 Å². The fraction of sp³-hybridized carbons (Fsp3) is 0.545. The van der Waals surface area contributed by atoms with Gasteiger partial charge in [0, 0.05) is 47.8 Å². The van der Waals surface area contributed by atoms with Crippen LogP contribution in [0.5, 0.6) is 0 Å². The van der Waals surface area contributed by atoms with E-state index in [4.69, 9.17) is 14.2 Å². The lowest BCUT2D eigenvalue weighted by Crippen LogP contribution is -2.52. The Balaban J connectivity index is 1.23. The Bertz CT molecular complexity index is 743. The average molecular weight is 386 g/mol. The first-order valence-electron chi connectivity index (χ1n) is 10.1. The molecule has 4 atom stereocenters.